The molecule has 0 bridgehead atoms. The van der Waals surface area contributed by atoms with E-state index in [-0.39, 0.29) is 12.6 Å². The van der Waals surface area contributed by atoms with Gasteiger partial charge in [0.05, 0.1) is 7.11 Å². The van der Waals surface area contributed by atoms with Crippen LogP contribution in [0.2, 0.25) is 0 Å². The molecule has 1 aromatic carbocycles. The van der Waals surface area contributed by atoms with E-state index in [9.17, 15) is 4.79 Å². The van der Waals surface area contributed by atoms with E-state index >= 15 is 0 Å². The summed E-state index contributed by atoms with van der Waals surface area (Å²) < 4.78 is 10.4. The third kappa shape index (κ3) is 4.85. The minimum absolute atomic E-state index is 0.267. The molecule has 0 radical (unpaired) electrons. The average molecular weight is 279 g/mol. The molecule has 0 saturated heterocycles. The SMILES string of the molecule is CCNC(COc1ccc(C(C)CC)cc1)C(=O)OC. The molecule has 20 heavy (non-hydrogen) atoms. The summed E-state index contributed by atoms with van der Waals surface area (Å²) in [5.74, 6) is 1.01. The number of methoxy groups -OCH3 is 1. The van der Waals surface area contributed by atoms with E-state index in [0.29, 0.717) is 12.5 Å². The van der Waals surface area contributed by atoms with Crippen molar-refractivity contribution in [1.82, 2.24) is 5.32 Å². The summed E-state index contributed by atoms with van der Waals surface area (Å²) in [6.07, 6.45) is 1.12. The van der Waals surface area contributed by atoms with Crippen molar-refractivity contribution in [3.63, 3.8) is 0 Å². The van der Waals surface area contributed by atoms with Gasteiger partial charge in [0.25, 0.3) is 0 Å². The van der Waals surface area contributed by atoms with Crippen molar-refractivity contribution in [3.05, 3.63) is 29.8 Å². The number of nitrogens with one attached hydrogen (secondary N) is 1. The number of hydrogen-bond donors (Lipinski definition) is 1. The van der Waals surface area contributed by atoms with Gasteiger partial charge in [-0.05, 0) is 36.6 Å². The smallest absolute Gasteiger partial charge is 0.326 e. The largest absolute Gasteiger partial charge is 0.491 e. The molecule has 0 saturated carbocycles. The molecule has 0 fully saturated rings. The molecule has 4 nitrogen and oxygen atoms in total. The van der Waals surface area contributed by atoms with Gasteiger partial charge in [-0.25, -0.2) is 0 Å². The second-order valence-electron chi connectivity index (χ2n) is 4.82. The Morgan fingerprint density at radius 3 is 2.40 bits per heavy atom. The van der Waals surface area contributed by atoms with Crippen LogP contribution in [0.4, 0.5) is 0 Å². The third-order valence-electron chi connectivity index (χ3n) is 3.41. The van der Waals surface area contributed by atoms with Gasteiger partial charge in [-0.15, -0.1) is 0 Å². The highest BCUT2D eigenvalue weighted by Gasteiger charge is 2.18. The van der Waals surface area contributed by atoms with Gasteiger partial charge in [0.2, 0.25) is 0 Å². The first-order valence-corrected chi connectivity index (χ1v) is 7.16. The topological polar surface area (TPSA) is 47.6 Å². The minimum Gasteiger partial charge on any atom is -0.491 e. The van der Waals surface area contributed by atoms with E-state index in [1.807, 2.05) is 19.1 Å². The molecular weight excluding hydrogens is 254 g/mol. The number of rotatable bonds is 8. The number of ether oxygens (including phenoxy) is 2. The fourth-order valence-corrected chi connectivity index (χ4v) is 1.91. The summed E-state index contributed by atoms with van der Waals surface area (Å²) in [6.45, 7) is 7.27. The van der Waals surface area contributed by atoms with Crippen LogP contribution in [0.15, 0.2) is 24.3 Å². The first kappa shape index (κ1) is 16.5. The normalized spacial score (nSPS) is 13.6. The lowest BCUT2D eigenvalue weighted by Gasteiger charge is -2.16. The zero-order valence-corrected chi connectivity index (χ0v) is 12.8. The van der Waals surface area contributed by atoms with E-state index in [2.05, 4.69) is 31.3 Å². The maximum Gasteiger partial charge on any atom is 0.326 e. The van der Waals surface area contributed by atoms with Gasteiger partial charge in [-0.1, -0.05) is 32.9 Å². The van der Waals surface area contributed by atoms with Gasteiger partial charge in [0, 0.05) is 0 Å². The van der Waals surface area contributed by atoms with Crippen molar-refractivity contribution in [1.29, 1.82) is 0 Å². The first-order chi connectivity index (χ1) is 9.62. The van der Waals surface area contributed by atoms with E-state index < -0.39 is 6.04 Å². The van der Waals surface area contributed by atoms with Gasteiger partial charge in [-0.3, -0.25) is 4.79 Å². The highest BCUT2D eigenvalue weighted by atomic mass is 16.5. The summed E-state index contributed by atoms with van der Waals surface area (Å²) in [7, 11) is 1.38. The Kier molecular flexibility index (Phi) is 7.09. The highest BCUT2D eigenvalue weighted by molar-refractivity contribution is 5.75. The fraction of sp³-hybridized carbons (Fsp3) is 0.562. The van der Waals surface area contributed by atoms with Crippen LogP contribution in [0.25, 0.3) is 0 Å². The monoisotopic (exact) mass is 279 g/mol. The average Bonchev–Trinajstić information content (AvgIpc) is 2.50. The molecule has 0 aliphatic heterocycles. The highest BCUT2D eigenvalue weighted by Crippen LogP contribution is 2.21. The van der Waals surface area contributed by atoms with Crippen LogP contribution in [0.5, 0.6) is 5.75 Å². The number of carbonyl (C=O) groups is 1. The van der Waals surface area contributed by atoms with Gasteiger partial charge in [-0.2, -0.15) is 0 Å². The molecule has 2 unspecified atom stereocenters. The van der Waals surface area contributed by atoms with Crippen molar-refractivity contribution in [2.75, 3.05) is 20.3 Å². The Hall–Kier alpha value is -1.55. The lowest BCUT2D eigenvalue weighted by molar-refractivity contribution is -0.143. The molecule has 0 aliphatic carbocycles. The number of esters is 1. The lowest BCUT2D eigenvalue weighted by atomic mass is 9.99. The van der Waals surface area contributed by atoms with Crippen LogP contribution in [-0.4, -0.2) is 32.3 Å². The predicted octanol–water partition coefficient (Wildman–Crippen LogP) is 2.73. The summed E-state index contributed by atoms with van der Waals surface area (Å²) in [4.78, 5) is 11.5. The van der Waals surface area contributed by atoms with Crippen LogP contribution in [-0.2, 0) is 9.53 Å². The molecule has 0 spiro atoms. The summed E-state index contributed by atoms with van der Waals surface area (Å²) in [5.41, 5.74) is 1.30. The van der Waals surface area contributed by atoms with Crippen molar-refractivity contribution < 1.29 is 14.3 Å². The first-order valence-electron chi connectivity index (χ1n) is 7.16. The van der Waals surface area contributed by atoms with Gasteiger partial charge in [0.1, 0.15) is 18.4 Å². The van der Waals surface area contributed by atoms with Crippen molar-refractivity contribution in [3.8, 4) is 5.75 Å². The van der Waals surface area contributed by atoms with Gasteiger partial charge >= 0.3 is 5.97 Å². The maximum atomic E-state index is 11.5. The Labute approximate surface area is 121 Å². The third-order valence-corrected chi connectivity index (χ3v) is 3.41. The van der Waals surface area contributed by atoms with Crippen LogP contribution in [0, 0.1) is 0 Å². The zero-order chi connectivity index (χ0) is 15.0. The molecule has 0 aliphatic rings. The summed E-state index contributed by atoms with van der Waals surface area (Å²) in [6, 6.07) is 7.61. The second kappa shape index (κ2) is 8.59. The Bertz CT molecular complexity index is 403. The molecule has 0 amide bonds. The van der Waals surface area contributed by atoms with Gasteiger partial charge in [0.15, 0.2) is 0 Å². The maximum absolute atomic E-state index is 11.5. The second-order valence-corrected chi connectivity index (χ2v) is 4.82. The van der Waals surface area contributed by atoms with E-state index in [4.69, 9.17) is 9.47 Å². The van der Waals surface area contributed by atoms with Crippen molar-refractivity contribution in [2.24, 2.45) is 0 Å². The van der Waals surface area contributed by atoms with E-state index in [1.54, 1.807) is 0 Å². The summed E-state index contributed by atoms with van der Waals surface area (Å²) in [5, 5.41) is 3.04. The number of carbonyl (C=O) groups excluding carboxylic acids is 1. The van der Waals surface area contributed by atoms with E-state index in [0.717, 1.165) is 12.2 Å². The molecule has 4 heteroatoms. The standard InChI is InChI=1S/C16H25NO3/c1-5-12(3)13-7-9-14(10-8-13)20-11-15(17-6-2)16(18)19-4/h7-10,12,15,17H,5-6,11H2,1-4H3. The Balaban J connectivity index is 2.57. The van der Waals surface area contributed by atoms with E-state index in [1.165, 1.54) is 12.7 Å². The molecule has 1 N–H and O–H groups in total. The van der Waals surface area contributed by atoms with Crippen molar-refractivity contribution >= 4 is 5.97 Å². The molecule has 0 aromatic heterocycles. The van der Waals surface area contributed by atoms with Crippen molar-refractivity contribution in [2.45, 2.75) is 39.2 Å². The minimum atomic E-state index is -0.431. The Morgan fingerprint density at radius 2 is 1.90 bits per heavy atom. The molecular formula is C16H25NO3. The number of benzene rings is 1. The lowest BCUT2D eigenvalue weighted by Crippen LogP contribution is -2.42. The molecule has 1 rings (SSSR count). The van der Waals surface area contributed by atoms with Crippen LogP contribution < -0.4 is 10.1 Å². The van der Waals surface area contributed by atoms with Crippen LogP contribution in [0.1, 0.15) is 38.7 Å². The quantitative estimate of drug-likeness (QED) is 0.743. The zero-order valence-electron chi connectivity index (χ0n) is 12.8. The Morgan fingerprint density at radius 1 is 1.25 bits per heavy atom. The molecule has 112 valence electrons. The molecule has 0 heterocycles. The van der Waals surface area contributed by atoms with Gasteiger partial charge < -0.3 is 14.8 Å². The molecule has 1 aromatic rings. The number of hydrogen-bond acceptors (Lipinski definition) is 4. The molecule has 2 atom stereocenters. The predicted molar refractivity (Wildman–Crippen MR) is 80.1 cm³/mol. The number of likely N-dealkylation sites (N-methyl/N-ethyl adjacent to an activating group) is 1. The fourth-order valence-electron chi connectivity index (χ4n) is 1.91. The summed E-state index contributed by atoms with van der Waals surface area (Å²) >= 11 is 0. The van der Waals surface area contributed by atoms with Crippen LogP contribution >= 0.6 is 0 Å². The van der Waals surface area contributed by atoms with Crippen LogP contribution in [0.3, 0.4) is 0 Å².